The number of nitrogens with zero attached hydrogens (tertiary/aromatic N) is 1. The van der Waals surface area contributed by atoms with E-state index in [1.165, 1.54) is 0 Å². The Balaban J connectivity index is 3.16. The number of hydrogen-bond donors (Lipinski definition) is 4. The van der Waals surface area contributed by atoms with Crippen LogP contribution in [-0.2, 0) is 4.79 Å². The fourth-order valence-corrected chi connectivity index (χ4v) is 1.31. The minimum atomic E-state index is -2.11. The Morgan fingerprint density at radius 1 is 1.29 bits per heavy atom. The van der Waals surface area contributed by atoms with Gasteiger partial charge in [0.1, 0.15) is 11.3 Å². The van der Waals surface area contributed by atoms with Crippen molar-refractivity contribution >= 4 is 23.5 Å². The highest BCUT2D eigenvalue weighted by atomic mass is 35.5. The molecule has 4 N–H and O–H groups in total. The largest absolute Gasteiger partial charge is 0.479 e. The van der Waals surface area contributed by atoms with E-state index >= 15 is 0 Å². The van der Waals surface area contributed by atoms with E-state index < -0.39 is 24.1 Å². The van der Waals surface area contributed by atoms with Crippen molar-refractivity contribution in [3.63, 3.8) is 0 Å². The average Bonchev–Trinajstić information content (AvgIpc) is 2.27. The molecule has 0 radical (unpaired) electrons. The van der Waals surface area contributed by atoms with Crippen LogP contribution in [0.5, 0.6) is 0 Å². The summed E-state index contributed by atoms with van der Waals surface area (Å²) in [5.41, 5.74) is -0.539. The number of aliphatic hydroxyl groups excluding tert-OH is 2. The van der Waals surface area contributed by atoms with Crippen molar-refractivity contribution in [2.75, 3.05) is 0 Å². The number of aliphatic hydroxyl groups is 2. The van der Waals surface area contributed by atoms with Gasteiger partial charge in [0.2, 0.25) is 0 Å². The van der Waals surface area contributed by atoms with Gasteiger partial charge >= 0.3 is 11.9 Å². The summed E-state index contributed by atoms with van der Waals surface area (Å²) in [5, 5.41) is 35.5. The summed E-state index contributed by atoms with van der Waals surface area (Å²) in [7, 11) is 0. The number of hydrogen-bond acceptors (Lipinski definition) is 5. The molecule has 92 valence electrons. The molecule has 2 unspecified atom stereocenters. The van der Waals surface area contributed by atoms with Gasteiger partial charge in [-0.25, -0.2) is 14.6 Å². The van der Waals surface area contributed by atoms with Crippen LogP contribution >= 0.6 is 11.6 Å². The van der Waals surface area contributed by atoms with Gasteiger partial charge in [-0.15, -0.1) is 0 Å². The summed E-state index contributed by atoms with van der Waals surface area (Å²) >= 11 is 5.58. The molecule has 7 nitrogen and oxygen atoms in total. The SMILES string of the molecule is O=C(O)c1cnc(Cl)c(C(O)C(O)C(=O)O)c1. The first-order valence-corrected chi connectivity index (χ1v) is 4.70. The maximum atomic E-state index is 10.6. The van der Waals surface area contributed by atoms with Crippen LogP contribution in [0.1, 0.15) is 22.0 Å². The molecular formula is C9H8ClNO6. The Labute approximate surface area is 99.9 Å². The van der Waals surface area contributed by atoms with E-state index in [1.807, 2.05) is 0 Å². The van der Waals surface area contributed by atoms with E-state index in [-0.39, 0.29) is 16.3 Å². The van der Waals surface area contributed by atoms with Gasteiger partial charge in [0.15, 0.2) is 6.10 Å². The molecule has 1 rings (SSSR count). The molecule has 0 aromatic carbocycles. The molecular weight excluding hydrogens is 254 g/mol. The molecule has 0 aliphatic heterocycles. The van der Waals surface area contributed by atoms with Crippen LogP contribution in [-0.4, -0.2) is 43.5 Å². The highest BCUT2D eigenvalue weighted by Gasteiger charge is 2.28. The molecule has 0 saturated heterocycles. The zero-order valence-electron chi connectivity index (χ0n) is 8.24. The van der Waals surface area contributed by atoms with Crippen LogP contribution < -0.4 is 0 Å². The van der Waals surface area contributed by atoms with E-state index in [9.17, 15) is 14.7 Å². The van der Waals surface area contributed by atoms with Crippen molar-refractivity contribution in [2.24, 2.45) is 0 Å². The van der Waals surface area contributed by atoms with E-state index in [4.69, 9.17) is 26.9 Å². The van der Waals surface area contributed by atoms with Crippen LogP contribution in [0.15, 0.2) is 12.3 Å². The van der Waals surface area contributed by atoms with Gasteiger partial charge in [-0.2, -0.15) is 0 Å². The lowest BCUT2D eigenvalue weighted by Gasteiger charge is -2.15. The molecule has 0 fully saturated rings. The normalized spacial score (nSPS) is 14.1. The first-order valence-electron chi connectivity index (χ1n) is 4.32. The monoisotopic (exact) mass is 261 g/mol. The molecule has 0 saturated carbocycles. The van der Waals surface area contributed by atoms with E-state index in [1.54, 1.807) is 0 Å². The smallest absolute Gasteiger partial charge is 0.337 e. The Bertz CT molecular complexity index is 463. The number of carboxylic acids is 2. The standard InChI is InChI=1S/C9H8ClNO6/c10-7-4(5(12)6(13)9(16)17)1-3(2-11-7)8(14)15/h1-2,5-6,12-13H,(H,14,15)(H,16,17). The Kier molecular flexibility index (Phi) is 4.00. The Hall–Kier alpha value is -1.70. The second-order valence-electron chi connectivity index (χ2n) is 3.14. The summed E-state index contributed by atoms with van der Waals surface area (Å²) < 4.78 is 0. The zero-order valence-corrected chi connectivity index (χ0v) is 9.00. The van der Waals surface area contributed by atoms with Gasteiger partial charge in [0.05, 0.1) is 5.56 Å². The summed E-state index contributed by atoms with van der Waals surface area (Å²) in [6, 6.07) is 0.953. The topological polar surface area (TPSA) is 128 Å². The van der Waals surface area contributed by atoms with Crippen LogP contribution in [0.3, 0.4) is 0 Å². The third-order valence-electron chi connectivity index (χ3n) is 1.98. The molecule has 0 spiro atoms. The maximum absolute atomic E-state index is 10.6. The number of aromatic nitrogens is 1. The number of carbonyl (C=O) groups is 2. The second kappa shape index (κ2) is 5.09. The van der Waals surface area contributed by atoms with Gasteiger partial charge in [-0.3, -0.25) is 0 Å². The minimum absolute atomic E-state index is 0.263. The van der Waals surface area contributed by atoms with Crippen LogP contribution in [0.4, 0.5) is 0 Å². The van der Waals surface area contributed by atoms with Crippen molar-refractivity contribution in [1.82, 2.24) is 4.98 Å². The molecule has 0 bridgehead atoms. The second-order valence-corrected chi connectivity index (χ2v) is 3.50. The summed E-state index contributed by atoms with van der Waals surface area (Å²) in [5.74, 6) is -2.97. The molecule has 8 heteroatoms. The number of rotatable bonds is 4. The predicted molar refractivity (Wildman–Crippen MR) is 54.8 cm³/mol. The number of aromatic carboxylic acids is 1. The third-order valence-corrected chi connectivity index (χ3v) is 2.30. The van der Waals surface area contributed by atoms with E-state index in [0.717, 1.165) is 12.3 Å². The molecule has 1 aromatic heterocycles. The Morgan fingerprint density at radius 2 is 1.88 bits per heavy atom. The summed E-state index contributed by atoms with van der Waals surface area (Å²) in [6.07, 6.45) is -3.02. The Morgan fingerprint density at radius 3 is 2.35 bits per heavy atom. The first kappa shape index (κ1) is 13.4. The van der Waals surface area contributed by atoms with E-state index in [2.05, 4.69) is 4.98 Å². The predicted octanol–water partition coefficient (Wildman–Crippen LogP) is -0.0879. The average molecular weight is 262 g/mol. The fraction of sp³-hybridized carbons (Fsp3) is 0.222. The number of halogens is 1. The molecule has 0 aliphatic carbocycles. The fourth-order valence-electron chi connectivity index (χ4n) is 1.09. The number of carboxylic acid groups (broad SMARTS) is 2. The maximum Gasteiger partial charge on any atom is 0.337 e. The lowest BCUT2D eigenvalue weighted by molar-refractivity contribution is -0.153. The van der Waals surface area contributed by atoms with Crippen molar-refractivity contribution in [1.29, 1.82) is 0 Å². The molecule has 0 amide bonds. The number of aliphatic carboxylic acids is 1. The van der Waals surface area contributed by atoms with Gasteiger partial charge in [0, 0.05) is 11.8 Å². The molecule has 1 aromatic rings. The van der Waals surface area contributed by atoms with Crippen molar-refractivity contribution < 1.29 is 30.0 Å². The quantitative estimate of drug-likeness (QED) is 0.558. The third kappa shape index (κ3) is 2.90. The minimum Gasteiger partial charge on any atom is -0.479 e. The highest BCUT2D eigenvalue weighted by Crippen LogP contribution is 2.24. The zero-order chi connectivity index (χ0) is 13.2. The van der Waals surface area contributed by atoms with Crippen LogP contribution in [0.2, 0.25) is 5.15 Å². The van der Waals surface area contributed by atoms with Crippen molar-refractivity contribution in [2.45, 2.75) is 12.2 Å². The lowest BCUT2D eigenvalue weighted by Crippen LogP contribution is -2.28. The van der Waals surface area contributed by atoms with Gasteiger partial charge in [-0.05, 0) is 6.07 Å². The molecule has 2 atom stereocenters. The van der Waals surface area contributed by atoms with Crippen LogP contribution in [0.25, 0.3) is 0 Å². The lowest BCUT2D eigenvalue weighted by atomic mass is 10.0. The van der Waals surface area contributed by atoms with Crippen LogP contribution in [0, 0.1) is 0 Å². The van der Waals surface area contributed by atoms with Crippen molar-refractivity contribution in [3.05, 3.63) is 28.5 Å². The van der Waals surface area contributed by atoms with Crippen molar-refractivity contribution in [3.8, 4) is 0 Å². The molecule has 0 aliphatic rings. The first-order chi connectivity index (χ1) is 7.84. The molecule has 17 heavy (non-hydrogen) atoms. The number of pyridine rings is 1. The van der Waals surface area contributed by atoms with Gasteiger partial charge < -0.3 is 20.4 Å². The van der Waals surface area contributed by atoms with Gasteiger partial charge in [-0.1, -0.05) is 11.6 Å². The summed E-state index contributed by atoms with van der Waals surface area (Å²) in [6.45, 7) is 0. The highest BCUT2D eigenvalue weighted by molar-refractivity contribution is 6.30. The molecule has 1 heterocycles. The van der Waals surface area contributed by atoms with E-state index in [0.29, 0.717) is 0 Å². The van der Waals surface area contributed by atoms with Gasteiger partial charge in [0.25, 0.3) is 0 Å². The summed E-state index contributed by atoms with van der Waals surface area (Å²) in [4.78, 5) is 24.6.